The number of aryl methyl sites for hydroxylation is 2. The summed E-state index contributed by atoms with van der Waals surface area (Å²) in [5.74, 6) is -0.553. The molecule has 0 aliphatic carbocycles. The number of benzene rings is 1. The summed E-state index contributed by atoms with van der Waals surface area (Å²) in [6.07, 6.45) is 2.29. The molecule has 1 aromatic carbocycles. The summed E-state index contributed by atoms with van der Waals surface area (Å²) < 4.78 is 22.0. The molecule has 0 aliphatic rings. The van der Waals surface area contributed by atoms with Crippen molar-refractivity contribution in [3.8, 4) is 10.9 Å². The van der Waals surface area contributed by atoms with Gasteiger partial charge in [0.15, 0.2) is 0 Å². The van der Waals surface area contributed by atoms with E-state index in [4.69, 9.17) is 4.74 Å². The van der Waals surface area contributed by atoms with Gasteiger partial charge in [-0.25, -0.2) is 14.2 Å². The molecular formula is C14H14FN5O2S. The zero-order valence-corrected chi connectivity index (χ0v) is 13.4. The van der Waals surface area contributed by atoms with E-state index in [2.05, 4.69) is 15.4 Å². The molecule has 0 spiro atoms. The highest BCUT2D eigenvalue weighted by Crippen LogP contribution is 2.24. The summed E-state index contributed by atoms with van der Waals surface area (Å²) in [5, 5.41) is 9.64. The average Bonchev–Trinajstić information content (AvgIpc) is 3.17. The number of nitrogens with zero attached hydrogens (tertiary/aromatic N) is 5. The number of tetrazole rings is 1. The maximum absolute atomic E-state index is 14.4. The van der Waals surface area contributed by atoms with Crippen molar-refractivity contribution in [2.45, 2.75) is 20.0 Å². The summed E-state index contributed by atoms with van der Waals surface area (Å²) in [5.41, 5.74) is 0.979. The number of halogens is 1. The maximum atomic E-state index is 14.4. The Kier molecular flexibility index (Phi) is 4.20. The topological polar surface area (TPSA) is 74.8 Å². The summed E-state index contributed by atoms with van der Waals surface area (Å²) in [6, 6.07) is 3.00. The second kappa shape index (κ2) is 6.29. The zero-order valence-electron chi connectivity index (χ0n) is 12.6. The molecule has 0 radical (unpaired) electrons. The largest absolute Gasteiger partial charge is 0.465 e. The van der Waals surface area contributed by atoms with Gasteiger partial charge < -0.3 is 4.74 Å². The highest BCUT2D eigenvalue weighted by Gasteiger charge is 2.19. The Morgan fingerprint density at radius 2 is 2.17 bits per heavy atom. The first-order valence-electron chi connectivity index (χ1n) is 6.93. The fraction of sp³-hybridized carbons (Fsp3) is 0.286. The number of rotatable bonds is 5. The van der Waals surface area contributed by atoms with Crippen molar-refractivity contribution in [3.05, 3.63) is 51.1 Å². The summed E-state index contributed by atoms with van der Waals surface area (Å²) in [6.45, 7) is 2.04. The van der Waals surface area contributed by atoms with Crippen molar-refractivity contribution in [1.29, 1.82) is 0 Å². The summed E-state index contributed by atoms with van der Waals surface area (Å²) in [4.78, 5) is 16.1. The van der Waals surface area contributed by atoms with Gasteiger partial charge in [0, 0.05) is 24.2 Å². The molecule has 9 heteroatoms. The molecule has 120 valence electrons. The fourth-order valence-electron chi connectivity index (χ4n) is 2.24. The average molecular weight is 335 g/mol. The van der Waals surface area contributed by atoms with Gasteiger partial charge in [-0.1, -0.05) is 24.3 Å². The zero-order chi connectivity index (χ0) is 16.4. The number of aromatic nitrogens is 5. The molecule has 0 atom stereocenters. The van der Waals surface area contributed by atoms with E-state index < -0.39 is 11.5 Å². The van der Waals surface area contributed by atoms with Crippen molar-refractivity contribution < 1.29 is 9.13 Å². The second-order valence-electron chi connectivity index (χ2n) is 4.77. The Morgan fingerprint density at radius 3 is 2.78 bits per heavy atom. The molecule has 0 N–H and O–H groups in total. The minimum atomic E-state index is -0.553. The van der Waals surface area contributed by atoms with Crippen molar-refractivity contribution in [2.75, 3.05) is 0 Å². The fourth-order valence-corrected chi connectivity index (χ4v) is 2.73. The molecule has 7 nitrogen and oxygen atoms in total. The monoisotopic (exact) mass is 335 g/mol. The highest BCUT2D eigenvalue weighted by atomic mass is 32.1. The molecule has 0 saturated carbocycles. The normalized spacial score (nSPS) is 10.9. The van der Waals surface area contributed by atoms with Crippen LogP contribution in [-0.2, 0) is 20.1 Å². The smallest absolute Gasteiger partial charge is 0.368 e. The van der Waals surface area contributed by atoms with E-state index in [0.29, 0.717) is 17.2 Å². The third-order valence-corrected chi connectivity index (χ3v) is 4.08. The van der Waals surface area contributed by atoms with Crippen LogP contribution in [0.15, 0.2) is 28.5 Å². The van der Waals surface area contributed by atoms with Crippen LogP contribution in [-0.4, -0.2) is 24.8 Å². The summed E-state index contributed by atoms with van der Waals surface area (Å²) >= 11 is 1.34. The van der Waals surface area contributed by atoms with Gasteiger partial charge in [-0.2, -0.15) is 9.36 Å². The van der Waals surface area contributed by atoms with Crippen molar-refractivity contribution >= 4 is 11.3 Å². The van der Waals surface area contributed by atoms with Crippen LogP contribution in [0.25, 0.3) is 5.69 Å². The molecule has 0 bridgehead atoms. The number of hydrogen-bond donors (Lipinski definition) is 0. The van der Waals surface area contributed by atoms with Gasteiger partial charge >= 0.3 is 5.69 Å². The van der Waals surface area contributed by atoms with Gasteiger partial charge in [0.2, 0.25) is 0 Å². The Hall–Kier alpha value is -2.55. The van der Waals surface area contributed by atoms with Gasteiger partial charge in [0.05, 0.1) is 0 Å². The lowest BCUT2D eigenvalue weighted by atomic mass is 10.0. The Balaban J connectivity index is 2.10. The minimum Gasteiger partial charge on any atom is -0.465 e. The van der Waals surface area contributed by atoms with Gasteiger partial charge in [-0.3, -0.25) is 0 Å². The first kappa shape index (κ1) is 15.3. The van der Waals surface area contributed by atoms with Crippen molar-refractivity contribution in [1.82, 2.24) is 24.8 Å². The lowest BCUT2D eigenvalue weighted by Crippen LogP contribution is -2.24. The molecule has 0 amide bonds. The van der Waals surface area contributed by atoms with E-state index in [1.165, 1.54) is 24.5 Å². The first-order chi connectivity index (χ1) is 11.1. The maximum Gasteiger partial charge on any atom is 0.368 e. The molecular weight excluding hydrogens is 321 g/mol. The predicted octanol–water partition coefficient (Wildman–Crippen LogP) is 1.70. The van der Waals surface area contributed by atoms with Crippen LogP contribution in [0.1, 0.15) is 18.1 Å². The van der Waals surface area contributed by atoms with E-state index in [9.17, 15) is 9.18 Å². The molecule has 0 aliphatic heterocycles. The highest BCUT2D eigenvalue weighted by molar-refractivity contribution is 7.11. The Morgan fingerprint density at radius 1 is 1.35 bits per heavy atom. The summed E-state index contributed by atoms with van der Waals surface area (Å²) in [7, 11) is 1.46. The molecule has 23 heavy (non-hydrogen) atoms. The Labute approximate surface area is 134 Å². The van der Waals surface area contributed by atoms with E-state index >= 15 is 0 Å². The minimum absolute atomic E-state index is 0.0685. The molecule has 2 heterocycles. The standard InChI is InChI=1S/C14H14FN5O2S/c1-3-9-4-5-11(15)12(20-14(21)19(2)17-18-20)10(9)8-22-13-16-6-7-23-13/h4-7H,3,8H2,1-2H3. The van der Waals surface area contributed by atoms with Crippen LogP contribution in [0.5, 0.6) is 5.19 Å². The van der Waals surface area contributed by atoms with Gasteiger partial charge in [0.1, 0.15) is 18.1 Å². The third kappa shape index (κ3) is 2.87. The SMILES string of the molecule is CCc1ccc(F)c(-n2nnn(C)c2=O)c1COc1nccs1. The first-order valence-corrected chi connectivity index (χ1v) is 7.81. The van der Waals surface area contributed by atoms with Crippen LogP contribution >= 0.6 is 11.3 Å². The Bertz CT molecular complexity index is 872. The number of ether oxygens (including phenoxy) is 1. The molecule has 3 aromatic rings. The lowest BCUT2D eigenvalue weighted by Gasteiger charge is -2.14. The number of thiazole rings is 1. The molecule has 0 saturated heterocycles. The predicted molar refractivity (Wildman–Crippen MR) is 82.4 cm³/mol. The van der Waals surface area contributed by atoms with Crippen LogP contribution < -0.4 is 10.4 Å². The van der Waals surface area contributed by atoms with E-state index in [1.807, 2.05) is 6.92 Å². The third-order valence-electron chi connectivity index (χ3n) is 3.39. The second-order valence-corrected chi connectivity index (χ2v) is 5.63. The van der Waals surface area contributed by atoms with Crippen LogP contribution in [0.3, 0.4) is 0 Å². The van der Waals surface area contributed by atoms with E-state index in [0.717, 1.165) is 14.9 Å². The van der Waals surface area contributed by atoms with Gasteiger partial charge in [-0.15, -0.1) is 0 Å². The molecule has 0 unspecified atom stereocenters. The van der Waals surface area contributed by atoms with Gasteiger partial charge in [-0.05, 0) is 28.5 Å². The van der Waals surface area contributed by atoms with Crippen LogP contribution in [0.4, 0.5) is 4.39 Å². The molecule has 0 fully saturated rings. The van der Waals surface area contributed by atoms with E-state index in [1.54, 1.807) is 17.6 Å². The van der Waals surface area contributed by atoms with Crippen LogP contribution in [0, 0.1) is 5.82 Å². The van der Waals surface area contributed by atoms with Gasteiger partial charge in [0.25, 0.3) is 5.19 Å². The van der Waals surface area contributed by atoms with E-state index in [-0.39, 0.29) is 12.3 Å². The molecule has 3 rings (SSSR count). The van der Waals surface area contributed by atoms with Crippen molar-refractivity contribution in [2.24, 2.45) is 7.05 Å². The quantitative estimate of drug-likeness (QED) is 0.709. The van der Waals surface area contributed by atoms with Crippen LogP contribution in [0.2, 0.25) is 0 Å². The number of hydrogen-bond acceptors (Lipinski definition) is 6. The van der Waals surface area contributed by atoms with Crippen molar-refractivity contribution in [3.63, 3.8) is 0 Å². The molecule has 2 aromatic heterocycles. The lowest BCUT2D eigenvalue weighted by molar-refractivity contribution is 0.302.